The van der Waals surface area contributed by atoms with Crippen LogP contribution in [0.25, 0.3) is 0 Å². The minimum absolute atomic E-state index is 0.139. The molecule has 1 aliphatic carbocycles. The second-order valence-corrected chi connectivity index (χ2v) is 4.70. The summed E-state index contributed by atoms with van der Waals surface area (Å²) in [7, 11) is 0. The summed E-state index contributed by atoms with van der Waals surface area (Å²) < 4.78 is 5.01. The van der Waals surface area contributed by atoms with Crippen molar-refractivity contribution in [3.63, 3.8) is 0 Å². The van der Waals surface area contributed by atoms with Crippen molar-refractivity contribution < 1.29 is 14.6 Å². The van der Waals surface area contributed by atoms with E-state index in [9.17, 15) is 9.90 Å². The summed E-state index contributed by atoms with van der Waals surface area (Å²) in [6.45, 7) is 6.11. The monoisotopic (exact) mass is 214 g/mol. The molecular formula is C12H22O3. The molecular weight excluding hydrogens is 192 g/mol. The SMILES string of the molecule is CCOC(=O)C(C(C)C)C(O)C1CCC1. The van der Waals surface area contributed by atoms with Gasteiger partial charge < -0.3 is 9.84 Å². The molecule has 0 aliphatic heterocycles. The van der Waals surface area contributed by atoms with Crippen LogP contribution in [-0.2, 0) is 9.53 Å². The van der Waals surface area contributed by atoms with Gasteiger partial charge in [-0.2, -0.15) is 0 Å². The van der Waals surface area contributed by atoms with Gasteiger partial charge in [0, 0.05) is 0 Å². The molecule has 15 heavy (non-hydrogen) atoms. The summed E-state index contributed by atoms with van der Waals surface area (Å²) >= 11 is 0. The fourth-order valence-corrected chi connectivity index (χ4v) is 2.12. The van der Waals surface area contributed by atoms with Gasteiger partial charge in [-0.05, 0) is 31.6 Å². The first-order valence-electron chi connectivity index (χ1n) is 5.92. The lowest BCUT2D eigenvalue weighted by Crippen LogP contribution is -2.41. The van der Waals surface area contributed by atoms with E-state index in [1.54, 1.807) is 6.92 Å². The Hall–Kier alpha value is -0.570. The summed E-state index contributed by atoms with van der Waals surface area (Å²) in [6.07, 6.45) is 2.75. The molecule has 0 radical (unpaired) electrons. The quantitative estimate of drug-likeness (QED) is 0.712. The van der Waals surface area contributed by atoms with E-state index in [0.29, 0.717) is 12.5 Å². The maximum Gasteiger partial charge on any atom is 0.311 e. The number of carbonyl (C=O) groups excluding carboxylic acids is 1. The van der Waals surface area contributed by atoms with Crippen LogP contribution in [0.1, 0.15) is 40.0 Å². The normalized spacial score (nSPS) is 20.9. The highest BCUT2D eigenvalue weighted by Gasteiger charge is 2.38. The van der Waals surface area contributed by atoms with Gasteiger partial charge in [-0.3, -0.25) is 4.79 Å². The van der Waals surface area contributed by atoms with Gasteiger partial charge >= 0.3 is 5.97 Å². The largest absolute Gasteiger partial charge is 0.466 e. The van der Waals surface area contributed by atoms with Crippen LogP contribution in [0.2, 0.25) is 0 Å². The molecule has 0 aromatic carbocycles. The second kappa shape index (κ2) is 5.50. The van der Waals surface area contributed by atoms with Crippen LogP contribution in [0.3, 0.4) is 0 Å². The lowest BCUT2D eigenvalue weighted by Gasteiger charge is -2.35. The number of hydrogen-bond acceptors (Lipinski definition) is 3. The van der Waals surface area contributed by atoms with Crippen LogP contribution in [-0.4, -0.2) is 23.8 Å². The fraction of sp³-hybridized carbons (Fsp3) is 0.917. The van der Waals surface area contributed by atoms with Crippen LogP contribution in [0.4, 0.5) is 0 Å². The van der Waals surface area contributed by atoms with Gasteiger partial charge in [0.05, 0.1) is 18.6 Å². The van der Waals surface area contributed by atoms with E-state index in [-0.39, 0.29) is 17.8 Å². The van der Waals surface area contributed by atoms with Crippen LogP contribution in [0.15, 0.2) is 0 Å². The first-order chi connectivity index (χ1) is 7.07. The van der Waals surface area contributed by atoms with E-state index in [4.69, 9.17) is 4.74 Å². The molecule has 88 valence electrons. The molecule has 3 nitrogen and oxygen atoms in total. The van der Waals surface area contributed by atoms with E-state index in [1.165, 1.54) is 6.42 Å². The number of aliphatic hydroxyl groups is 1. The third-order valence-corrected chi connectivity index (χ3v) is 3.28. The number of rotatable bonds is 5. The lowest BCUT2D eigenvalue weighted by atomic mass is 9.74. The molecule has 1 saturated carbocycles. The van der Waals surface area contributed by atoms with Crippen molar-refractivity contribution in [2.75, 3.05) is 6.61 Å². The van der Waals surface area contributed by atoms with Crippen molar-refractivity contribution >= 4 is 5.97 Å². The van der Waals surface area contributed by atoms with Crippen molar-refractivity contribution in [2.24, 2.45) is 17.8 Å². The van der Waals surface area contributed by atoms with Gasteiger partial charge in [0.2, 0.25) is 0 Å². The molecule has 0 bridgehead atoms. The third-order valence-electron chi connectivity index (χ3n) is 3.28. The predicted octanol–water partition coefficient (Wildman–Crippen LogP) is 1.98. The topological polar surface area (TPSA) is 46.5 Å². The molecule has 0 heterocycles. The van der Waals surface area contributed by atoms with Gasteiger partial charge in [-0.25, -0.2) is 0 Å². The highest BCUT2D eigenvalue weighted by molar-refractivity contribution is 5.73. The van der Waals surface area contributed by atoms with Crippen molar-refractivity contribution in [3.05, 3.63) is 0 Å². The summed E-state index contributed by atoms with van der Waals surface area (Å²) in [4.78, 5) is 11.7. The number of hydrogen-bond donors (Lipinski definition) is 1. The Labute approximate surface area is 91.8 Å². The zero-order valence-electron chi connectivity index (χ0n) is 9.90. The van der Waals surface area contributed by atoms with Gasteiger partial charge in [-0.1, -0.05) is 20.3 Å². The summed E-state index contributed by atoms with van der Waals surface area (Å²) in [5.74, 6) is -0.149. The Morgan fingerprint density at radius 2 is 2.07 bits per heavy atom. The summed E-state index contributed by atoms with van der Waals surface area (Å²) in [6, 6.07) is 0. The van der Waals surface area contributed by atoms with Gasteiger partial charge in [-0.15, -0.1) is 0 Å². The Morgan fingerprint density at radius 3 is 2.40 bits per heavy atom. The Kier molecular flexibility index (Phi) is 4.58. The zero-order valence-corrected chi connectivity index (χ0v) is 9.90. The lowest BCUT2D eigenvalue weighted by molar-refractivity contribution is -0.157. The molecule has 2 atom stereocenters. The van der Waals surface area contributed by atoms with Gasteiger partial charge in [0.25, 0.3) is 0 Å². The van der Waals surface area contributed by atoms with Crippen LogP contribution < -0.4 is 0 Å². The van der Waals surface area contributed by atoms with Crippen LogP contribution >= 0.6 is 0 Å². The first kappa shape index (κ1) is 12.5. The number of ether oxygens (including phenoxy) is 1. The van der Waals surface area contributed by atoms with E-state index in [1.807, 2.05) is 13.8 Å². The standard InChI is InChI=1S/C12H22O3/c1-4-15-12(14)10(8(2)3)11(13)9-6-5-7-9/h8-11,13H,4-7H2,1-3H3. The molecule has 1 fully saturated rings. The Balaban J connectivity index is 2.59. The predicted molar refractivity (Wildman–Crippen MR) is 58.3 cm³/mol. The summed E-state index contributed by atoms with van der Waals surface area (Å²) in [5.41, 5.74) is 0. The van der Waals surface area contributed by atoms with Crippen molar-refractivity contribution in [3.8, 4) is 0 Å². The molecule has 2 unspecified atom stereocenters. The Bertz CT molecular complexity index is 209. The van der Waals surface area contributed by atoms with Crippen LogP contribution in [0.5, 0.6) is 0 Å². The fourth-order valence-electron chi connectivity index (χ4n) is 2.12. The Morgan fingerprint density at radius 1 is 1.47 bits per heavy atom. The minimum Gasteiger partial charge on any atom is -0.466 e. The van der Waals surface area contributed by atoms with E-state index >= 15 is 0 Å². The molecule has 1 N–H and O–H groups in total. The molecule has 1 aliphatic rings. The summed E-state index contributed by atoms with van der Waals surface area (Å²) in [5, 5.41) is 10.1. The van der Waals surface area contributed by atoms with Crippen LogP contribution in [0, 0.1) is 17.8 Å². The van der Waals surface area contributed by atoms with E-state index < -0.39 is 6.10 Å². The average molecular weight is 214 g/mol. The minimum atomic E-state index is -0.516. The molecule has 0 amide bonds. The third kappa shape index (κ3) is 2.94. The second-order valence-electron chi connectivity index (χ2n) is 4.70. The number of aliphatic hydroxyl groups excluding tert-OH is 1. The molecule has 0 saturated heterocycles. The molecule has 1 rings (SSSR count). The smallest absolute Gasteiger partial charge is 0.311 e. The van der Waals surface area contributed by atoms with Gasteiger partial charge in [0.15, 0.2) is 0 Å². The van der Waals surface area contributed by atoms with Gasteiger partial charge in [0.1, 0.15) is 0 Å². The number of carbonyl (C=O) groups is 1. The molecule has 0 aromatic heterocycles. The number of esters is 1. The van der Waals surface area contributed by atoms with Crippen molar-refractivity contribution in [1.82, 2.24) is 0 Å². The maximum atomic E-state index is 11.7. The van der Waals surface area contributed by atoms with Crippen molar-refractivity contribution in [1.29, 1.82) is 0 Å². The highest BCUT2D eigenvalue weighted by atomic mass is 16.5. The molecule has 0 spiro atoms. The highest BCUT2D eigenvalue weighted by Crippen LogP contribution is 2.35. The molecule has 3 heteroatoms. The van der Waals surface area contributed by atoms with Crippen molar-refractivity contribution in [2.45, 2.75) is 46.1 Å². The first-order valence-corrected chi connectivity index (χ1v) is 5.92. The van der Waals surface area contributed by atoms with E-state index in [0.717, 1.165) is 12.8 Å². The zero-order chi connectivity index (χ0) is 11.4. The maximum absolute atomic E-state index is 11.7. The average Bonchev–Trinajstić information content (AvgIpc) is 1.99. The molecule has 0 aromatic rings. The van der Waals surface area contributed by atoms with E-state index in [2.05, 4.69) is 0 Å².